The van der Waals surface area contributed by atoms with Crippen molar-refractivity contribution < 1.29 is 4.79 Å². The zero-order valence-electron chi connectivity index (χ0n) is 10.9. The molecular formula is C12H20N4O. The van der Waals surface area contributed by atoms with E-state index in [2.05, 4.69) is 4.98 Å². The van der Waals surface area contributed by atoms with Gasteiger partial charge in [-0.3, -0.25) is 4.79 Å². The highest BCUT2D eigenvalue weighted by Crippen LogP contribution is 2.16. The number of carbonyl (C=O) groups excluding carboxylic acids is 1. The minimum absolute atomic E-state index is 0.0405. The van der Waals surface area contributed by atoms with Crippen LogP contribution in [0.2, 0.25) is 0 Å². The van der Waals surface area contributed by atoms with Gasteiger partial charge in [-0.05, 0) is 13.0 Å². The monoisotopic (exact) mass is 236 g/mol. The third-order valence-electron chi connectivity index (χ3n) is 2.55. The lowest BCUT2D eigenvalue weighted by Crippen LogP contribution is -2.35. The first-order chi connectivity index (χ1) is 7.95. The number of aromatic nitrogens is 1. The highest BCUT2D eigenvalue weighted by Gasteiger charge is 2.13. The number of amides is 1. The van der Waals surface area contributed by atoms with Crippen LogP contribution < -0.4 is 10.6 Å². The van der Waals surface area contributed by atoms with Crippen molar-refractivity contribution in [3.8, 4) is 0 Å². The van der Waals surface area contributed by atoms with E-state index in [0.29, 0.717) is 13.1 Å². The van der Waals surface area contributed by atoms with E-state index in [1.165, 1.54) is 0 Å². The Morgan fingerprint density at radius 3 is 2.53 bits per heavy atom. The van der Waals surface area contributed by atoms with Gasteiger partial charge in [-0.15, -0.1) is 0 Å². The predicted octanol–water partition coefficient (Wildman–Crippen LogP) is 0.373. The van der Waals surface area contributed by atoms with Crippen LogP contribution >= 0.6 is 0 Å². The van der Waals surface area contributed by atoms with E-state index in [-0.39, 0.29) is 5.91 Å². The van der Waals surface area contributed by atoms with Crippen LogP contribution in [-0.4, -0.2) is 43.5 Å². The van der Waals surface area contributed by atoms with Crippen LogP contribution in [0.5, 0.6) is 0 Å². The van der Waals surface area contributed by atoms with E-state index in [1.54, 1.807) is 19.0 Å². The summed E-state index contributed by atoms with van der Waals surface area (Å²) in [7, 11) is 5.33. The molecule has 17 heavy (non-hydrogen) atoms. The molecule has 0 aliphatic rings. The van der Waals surface area contributed by atoms with Gasteiger partial charge in [-0.1, -0.05) is 6.07 Å². The van der Waals surface area contributed by atoms with Crippen LogP contribution in [0, 0.1) is 6.92 Å². The van der Waals surface area contributed by atoms with Crippen LogP contribution in [0.25, 0.3) is 0 Å². The second-order valence-corrected chi connectivity index (χ2v) is 4.28. The maximum atomic E-state index is 11.6. The summed E-state index contributed by atoms with van der Waals surface area (Å²) in [6, 6.07) is 3.88. The molecule has 0 bridgehead atoms. The van der Waals surface area contributed by atoms with E-state index in [0.717, 1.165) is 17.1 Å². The summed E-state index contributed by atoms with van der Waals surface area (Å²) in [5.41, 5.74) is 7.53. The Labute approximate surface area is 102 Å². The number of aryl methyl sites for hydroxylation is 1. The smallest absolute Gasteiger partial charge is 0.241 e. The second kappa shape index (κ2) is 5.63. The lowest BCUT2D eigenvalue weighted by molar-refractivity contribution is -0.127. The van der Waals surface area contributed by atoms with Gasteiger partial charge in [0.25, 0.3) is 0 Å². The van der Waals surface area contributed by atoms with Crippen LogP contribution in [0.4, 0.5) is 5.82 Å². The maximum Gasteiger partial charge on any atom is 0.241 e. The summed E-state index contributed by atoms with van der Waals surface area (Å²) in [4.78, 5) is 19.5. The molecular weight excluding hydrogens is 216 g/mol. The molecule has 0 saturated carbocycles. The number of anilines is 1. The van der Waals surface area contributed by atoms with Crippen molar-refractivity contribution in [2.75, 3.05) is 32.6 Å². The SMILES string of the molecule is Cc1ccc(CN)c(N(C)CC(=O)N(C)C)n1. The summed E-state index contributed by atoms with van der Waals surface area (Å²) in [6.45, 7) is 2.64. The second-order valence-electron chi connectivity index (χ2n) is 4.28. The van der Waals surface area contributed by atoms with Crippen molar-refractivity contribution in [1.29, 1.82) is 0 Å². The Bertz CT molecular complexity index is 403. The fourth-order valence-electron chi connectivity index (χ4n) is 1.48. The highest BCUT2D eigenvalue weighted by atomic mass is 16.2. The molecule has 5 heteroatoms. The highest BCUT2D eigenvalue weighted by molar-refractivity contribution is 5.80. The Morgan fingerprint density at radius 2 is 2.00 bits per heavy atom. The standard InChI is InChI=1S/C12H20N4O/c1-9-5-6-10(7-13)12(14-9)16(4)8-11(17)15(2)3/h5-6H,7-8,13H2,1-4H3. The van der Waals surface area contributed by atoms with Crippen LogP contribution in [-0.2, 0) is 11.3 Å². The minimum Gasteiger partial charge on any atom is -0.350 e. The molecule has 1 aromatic rings. The van der Waals surface area contributed by atoms with Gasteiger partial charge in [-0.25, -0.2) is 4.98 Å². The molecule has 0 spiro atoms. The molecule has 1 heterocycles. The first-order valence-corrected chi connectivity index (χ1v) is 5.53. The van der Waals surface area contributed by atoms with Gasteiger partial charge in [0.05, 0.1) is 6.54 Å². The van der Waals surface area contributed by atoms with Crippen LogP contribution in [0.15, 0.2) is 12.1 Å². The number of carbonyl (C=O) groups is 1. The number of nitrogens with zero attached hydrogens (tertiary/aromatic N) is 3. The number of nitrogens with two attached hydrogens (primary N) is 1. The predicted molar refractivity (Wildman–Crippen MR) is 68.8 cm³/mol. The van der Waals surface area contributed by atoms with Gasteiger partial charge in [0.1, 0.15) is 5.82 Å². The maximum absolute atomic E-state index is 11.6. The molecule has 5 nitrogen and oxygen atoms in total. The van der Waals surface area contributed by atoms with E-state index < -0.39 is 0 Å². The molecule has 94 valence electrons. The molecule has 0 atom stereocenters. The summed E-state index contributed by atoms with van der Waals surface area (Å²) in [5.74, 6) is 0.821. The average Bonchev–Trinajstić information content (AvgIpc) is 2.28. The molecule has 1 rings (SSSR count). The number of rotatable bonds is 4. The van der Waals surface area contributed by atoms with Gasteiger partial charge in [0.2, 0.25) is 5.91 Å². The lowest BCUT2D eigenvalue weighted by Gasteiger charge is -2.22. The topological polar surface area (TPSA) is 62.5 Å². The number of hydrogen-bond donors (Lipinski definition) is 1. The third-order valence-corrected chi connectivity index (χ3v) is 2.55. The zero-order valence-corrected chi connectivity index (χ0v) is 10.9. The lowest BCUT2D eigenvalue weighted by atomic mass is 10.2. The van der Waals surface area contributed by atoms with E-state index >= 15 is 0 Å². The molecule has 2 N–H and O–H groups in total. The van der Waals surface area contributed by atoms with Crippen molar-refractivity contribution in [3.63, 3.8) is 0 Å². The summed E-state index contributed by atoms with van der Waals surface area (Å²) < 4.78 is 0. The van der Waals surface area contributed by atoms with Crippen molar-refractivity contribution in [2.45, 2.75) is 13.5 Å². The summed E-state index contributed by atoms with van der Waals surface area (Å²) in [5, 5.41) is 0. The average molecular weight is 236 g/mol. The number of likely N-dealkylation sites (N-methyl/N-ethyl adjacent to an activating group) is 2. The molecule has 0 aliphatic carbocycles. The van der Waals surface area contributed by atoms with Crippen LogP contribution in [0.1, 0.15) is 11.3 Å². The van der Waals surface area contributed by atoms with Crippen LogP contribution in [0.3, 0.4) is 0 Å². The Morgan fingerprint density at radius 1 is 1.35 bits per heavy atom. The van der Waals surface area contributed by atoms with Crippen molar-refractivity contribution in [2.24, 2.45) is 5.73 Å². The van der Waals surface area contributed by atoms with Crippen molar-refractivity contribution in [3.05, 3.63) is 23.4 Å². The summed E-state index contributed by atoms with van der Waals surface area (Å²) >= 11 is 0. The normalized spacial score (nSPS) is 10.2. The first-order valence-electron chi connectivity index (χ1n) is 5.53. The number of pyridine rings is 1. The molecule has 1 aromatic heterocycles. The van der Waals surface area contributed by atoms with Crippen molar-refractivity contribution >= 4 is 11.7 Å². The van der Waals surface area contributed by atoms with Gasteiger partial charge >= 0.3 is 0 Å². The van der Waals surface area contributed by atoms with E-state index in [4.69, 9.17) is 5.73 Å². The molecule has 0 radical (unpaired) electrons. The fourth-order valence-corrected chi connectivity index (χ4v) is 1.48. The van der Waals surface area contributed by atoms with E-state index in [1.807, 2.05) is 31.0 Å². The zero-order chi connectivity index (χ0) is 13.0. The molecule has 0 unspecified atom stereocenters. The van der Waals surface area contributed by atoms with Crippen molar-refractivity contribution in [1.82, 2.24) is 9.88 Å². The van der Waals surface area contributed by atoms with Gasteiger partial charge in [0, 0.05) is 38.9 Å². The first kappa shape index (κ1) is 13.4. The molecule has 1 amide bonds. The molecule has 0 aromatic carbocycles. The quantitative estimate of drug-likeness (QED) is 0.820. The Hall–Kier alpha value is -1.62. The minimum atomic E-state index is 0.0405. The molecule has 0 saturated heterocycles. The van der Waals surface area contributed by atoms with E-state index in [9.17, 15) is 4.79 Å². The van der Waals surface area contributed by atoms with Gasteiger partial charge in [-0.2, -0.15) is 0 Å². The molecule has 0 fully saturated rings. The Balaban J connectivity index is 2.91. The fraction of sp³-hybridized carbons (Fsp3) is 0.500. The van der Waals surface area contributed by atoms with Gasteiger partial charge < -0.3 is 15.5 Å². The third kappa shape index (κ3) is 3.42. The molecule has 0 aliphatic heterocycles. The Kier molecular flexibility index (Phi) is 4.45. The van der Waals surface area contributed by atoms with Gasteiger partial charge in [0.15, 0.2) is 0 Å². The number of hydrogen-bond acceptors (Lipinski definition) is 4. The summed E-state index contributed by atoms with van der Waals surface area (Å²) in [6.07, 6.45) is 0. The largest absolute Gasteiger partial charge is 0.350 e.